The SMILES string of the molecule is C/C=C(/C)C(=O)O[C@@H]1Cc2c(c([C@@H](c3ccnc(N)c3)[C@H](CO)c3cccc(O)c3)c3oc(CO)cc(=O)c3c2O)O[C@@]1(C)C[C@@H](CCCCC)c1ccc(N)nc1. The smallest absolute Gasteiger partial charge is 0.333 e. The van der Waals surface area contributed by atoms with Crippen molar-refractivity contribution in [3.63, 3.8) is 0 Å². The van der Waals surface area contributed by atoms with Gasteiger partial charge in [0.25, 0.3) is 0 Å². The Morgan fingerprint density at radius 1 is 1.03 bits per heavy atom. The molecule has 13 nitrogen and oxygen atoms in total. The number of aliphatic hydroxyl groups excluding tert-OH is 2. The van der Waals surface area contributed by atoms with Gasteiger partial charge in [-0.3, -0.25) is 4.79 Å². The first-order chi connectivity index (χ1) is 27.8. The standard InChI is InChI=1S/C45H52N4O9/c1-5-7-8-10-28(29-13-14-36(46)49-22-29)21-45(4)35(57-44(55)25(3)6-2)20-32-41(54)39-34(53)19-31(23-50)56-43(39)40(42(32)58-45)38(27-15-16-48-37(47)18-27)33(24-51)26-11-9-12-30(52)17-26/h6,9,11-19,22,28,33,35,38,50-52,54H,5,7-8,10,20-21,23-24H2,1-4H3,(H2,46,49)(H2,47,48)/b25-6-/t28-,33-,35-,38+,45+/m1/s1. The average Bonchev–Trinajstić information content (AvgIpc) is 3.20. The molecule has 1 aliphatic heterocycles. The number of nitrogen functional groups attached to an aromatic ring is 2. The number of unbranched alkanes of at least 4 members (excludes halogenated alkanes) is 2. The number of allylic oxidation sites excluding steroid dienone is 1. The predicted octanol–water partition coefficient (Wildman–Crippen LogP) is 6.88. The first-order valence-corrected chi connectivity index (χ1v) is 19.6. The topological polar surface area (TPSA) is 224 Å². The highest BCUT2D eigenvalue weighted by atomic mass is 16.6. The van der Waals surface area contributed by atoms with Crippen molar-refractivity contribution in [2.45, 2.75) is 102 Å². The van der Waals surface area contributed by atoms with E-state index >= 15 is 0 Å². The lowest BCUT2D eigenvalue weighted by Crippen LogP contribution is -2.52. The van der Waals surface area contributed by atoms with Crippen LogP contribution in [0.15, 0.2) is 87.9 Å². The van der Waals surface area contributed by atoms with Gasteiger partial charge in [-0.05, 0) is 86.6 Å². The lowest BCUT2D eigenvalue weighted by Gasteiger charge is -2.45. The van der Waals surface area contributed by atoms with Crippen LogP contribution in [0.3, 0.4) is 0 Å². The molecule has 4 heterocycles. The third-order valence-corrected chi connectivity index (χ3v) is 11.3. The van der Waals surface area contributed by atoms with Crippen molar-refractivity contribution in [3.05, 3.63) is 122 Å². The van der Waals surface area contributed by atoms with Gasteiger partial charge in [-0.25, -0.2) is 14.8 Å². The van der Waals surface area contributed by atoms with Crippen LogP contribution in [0.1, 0.15) is 111 Å². The van der Waals surface area contributed by atoms with Crippen LogP contribution in [0.4, 0.5) is 11.6 Å². The lowest BCUT2D eigenvalue weighted by molar-refractivity contribution is -0.159. The summed E-state index contributed by atoms with van der Waals surface area (Å²) >= 11 is 0. The number of aromatic nitrogens is 2. The minimum Gasteiger partial charge on any atom is -0.508 e. The third kappa shape index (κ3) is 8.51. The average molecular weight is 793 g/mol. The van der Waals surface area contributed by atoms with E-state index in [2.05, 4.69) is 16.9 Å². The van der Waals surface area contributed by atoms with Crippen LogP contribution < -0.4 is 21.6 Å². The Morgan fingerprint density at radius 3 is 2.48 bits per heavy atom. The summed E-state index contributed by atoms with van der Waals surface area (Å²) in [6.45, 7) is 6.30. The summed E-state index contributed by atoms with van der Waals surface area (Å²) in [5.41, 5.74) is 13.2. The molecule has 0 radical (unpaired) electrons. The molecule has 13 heteroatoms. The van der Waals surface area contributed by atoms with Crippen LogP contribution in [-0.4, -0.2) is 54.7 Å². The minimum atomic E-state index is -1.28. The van der Waals surface area contributed by atoms with Crippen LogP contribution >= 0.6 is 0 Å². The Kier molecular flexibility index (Phi) is 12.7. The Bertz CT molecular complexity index is 2360. The molecule has 0 fully saturated rings. The number of fused-ring (bicyclic) bond motifs is 2. The fourth-order valence-electron chi connectivity index (χ4n) is 8.12. The maximum Gasteiger partial charge on any atom is 0.333 e. The monoisotopic (exact) mass is 792 g/mol. The second-order valence-electron chi connectivity index (χ2n) is 15.3. The van der Waals surface area contributed by atoms with Crippen LogP contribution in [0.25, 0.3) is 11.0 Å². The number of anilines is 2. The van der Waals surface area contributed by atoms with Crippen LogP contribution in [0.2, 0.25) is 0 Å². The molecule has 2 aromatic carbocycles. The molecule has 3 aromatic heterocycles. The van der Waals surface area contributed by atoms with Gasteiger partial charge in [0.1, 0.15) is 63.9 Å². The normalized spacial score (nSPS) is 18.2. The molecule has 0 aliphatic carbocycles. The van der Waals surface area contributed by atoms with Crippen LogP contribution in [-0.2, 0) is 22.6 Å². The molecule has 0 saturated heterocycles. The van der Waals surface area contributed by atoms with Gasteiger partial charge >= 0.3 is 5.97 Å². The van der Waals surface area contributed by atoms with E-state index in [9.17, 15) is 30.0 Å². The number of aliphatic hydroxyl groups is 2. The number of nitrogens with two attached hydrogens (primary N) is 2. The van der Waals surface area contributed by atoms with Gasteiger partial charge in [0.05, 0.1) is 6.61 Å². The lowest BCUT2D eigenvalue weighted by atomic mass is 9.73. The number of esters is 1. The molecule has 0 spiro atoms. The number of phenols is 2. The quantitative estimate of drug-likeness (QED) is 0.0362. The molecule has 0 amide bonds. The van der Waals surface area contributed by atoms with E-state index in [1.54, 1.807) is 56.5 Å². The molecule has 0 saturated carbocycles. The maximum atomic E-state index is 14.0. The largest absolute Gasteiger partial charge is 0.508 e. The first kappa shape index (κ1) is 41.7. The van der Waals surface area contributed by atoms with Crippen LogP contribution in [0.5, 0.6) is 17.2 Å². The zero-order chi connectivity index (χ0) is 41.7. The number of carbonyl (C=O) groups excluding carboxylic acids is 1. The first-order valence-electron chi connectivity index (χ1n) is 19.6. The second-order valence-corrected chi connectivity index (χ2v) is 15.3. The van der Waals surface area contributed by atoms with E-state index in [0.29, 0.717) is 28.9 Å². The second kappa shape index (κ2) is 17.7. The van der Waals surface area contributed by atoms with Gasteiger partial charge in [0.15, 0.2) is 5.43 Å². The van der Waals surface area contributed by atoms with Crippen molar-refractivity contribution in [1.29, 1.82) is 0 Å². The number of nitrogens with zero attached hydrogens (tertiary/aromatic N) is 2. The maximum absolute atomic E-state index is 14.0. The third-order valence-electron chi connectivity index (χ3n) is 11.3. The summed E-state index contributed by atoms with van der Waals surface area (Å²) in [5, 5.41) is 44.1. The molecule has 8 N–H and O–H groups in total. The van der Waals surface area contributed by atoms with Crippen molar-refractivity contribution < 1.29 is 39.1 Å². The summed E-state index contributed by atoms with van der Waals surface area (Å²) < 4.78 is 19.8. The summed E-state index contributed by atoms with van der Waals surface area (Å²) in [6, 6.07) is 14.6. The summed E-state index contributed by atoms with van der Waals surface area (Å²) in [6.07, 6.45) is 7.87. The molecule has 306 valence electrons. The number of pyridine rings is 2. The molecule has 5 atom stereocenters. The van der Waals surface area contributed by atoms with Gasteiger partial charge < -0.3 is 45.8 Å². The van der Waals surface area contributed by atoms with Crippen molar-refractivity contribution >= 4 is 28.6 Å². The van der Waals surface area contributed by atoms with E-state index in [-0.39, 0.29) is 57.5 Å². The molecule has 6 rings (SSSR count). The fraction of sp³-hybridized carbons (Fsp3) is 0.378. The predicted molar refractivity (Wildman–Crippen MR) is 221 cm³/mol. The zero-order valence-electron chi connectivity index (χ0n) is 33.3. The minimum absolute atomic E-state index is 0.0354. The van der Waals surface area contributed by atoms with Gasteiger partial charge in [-0.2, -0.15) is 0 Å². The van der Waals surface area contributed by atoms with E-state index < -0.39 is 53.9 Å². The number of rotatable bonds is 15. The molecule has 0 unspecified atom stereocenters. The Labute approximate surface area is 337 Å². The molecular formula is C45H52N4O9. The number of hydrogen-bond donors (Lipinski definition) is 6. The highest BCUT2D eigenvalue weighted by Crippen LogP contribution is 2.54. The summed E-state index contributed by atoms with van der Waals surface area (Å²) in [4.78, 5) is 36.1. The Balaban J connectivity index is 1.68. The van der Waals surface area contributed by atoms with E-state index in [0.717, 1.165) is 37.3 Å². The molecular weight excluding hydrogens is 741 g/mol. The van der Waals surface area contributed by atoms with Gasteiger partial charge in [-0.1, -0.05) is 50.5 Å². The zero-order valence-corrected chi connectivity index (χ0v) is 33.3. The van der Waals surface area contributed by atoms with Gasteiger partial charge in [0, 0.05) is 53.4 Å². The highest BCUT2D eigenvalue weighted by molar-refractivity contribution is 5.92. The number of ether oxygens (including phenoxy) is 2. The fourth-order valence-corrected chi connectivity index (χ4v) is 8.12. The van der Waals surface area contributed by atoms with E-state index in [4.69, 9.17) is 25.4 Å². The van der Waals surface area contributed by atoms with Crippen molar-refractivity contribution in [3.8, 4) is 17.2 Å². The van der Waals surface area contributed by atoms with Crippen molar-refractivity contribution in [2.24, 2.45) is 0 Å². The highest BCUT2D eigenvalue weighted by Gasteiger charge is 2.49. The Hall–Kier alpha value is -5.92. The summed E-state index contributed by atoms with van der Waals surface area (Å²) in [7, 11) is 0. The molecule has 1 aliphatic rings. The van der Waals surface area contributed by atoms with Crippen molar-refractivity contribution in [1.82, 2.24) is 9.97 Å². The van der Waals surface area contributed by atoms with Crippen molar-refractivity contribution in [2.75, 3.05) is 18.1 Å². The number of aromatic hydroxyl groups is 2. The van der Waals surface area contributed by atoms with E-state index in [1.807, 2.05) is 13.0 Å². The number of benzene rings is 2. The van der Waals surface area contributed by atoms with Gasteiger partial charge in [-0.15, -0.1) is 0 Å². The molecule has 5 aromatic rings. The molecule has 0 bridgehead atoms. The van der Waals surface area contributed by atoms with Crippen LogP contribution in [0, 0.1) is 0 Å². The van der Waals surface area contributed by atoms with E-state index in [1.165, 1.54) is 18.3 Å². The van der Waals surface area contributed by atoms with Gasteiger partial charge in [0.2, 0.25) is 0 Å². The number of hydrogen-bond acceptors (Lipinski definition) is 13. The Morgan fingerprint density at radius 2 is 1.83 bits per heavy atom. The molecule has 58 heavy (non-hydrogen) atoms. The summed E-state index contributed by atoms with van der Waals surface area (Å²) in [5.74, 6) is -2.26. The number of phenolic OH excluding ortho intramolecular Hbond substituents is 2. The number of carbonyl (C=O) groups is 1.